The van der Waals surface area contributed by atoms with Crippen LogP contribution in [0.1, 0.15) is 33.6 Å². The molecular weight excluding hydrogens is 262 g/mol. The Morgan fingerprint density at radius 1 is 1.32 bits per heavy atom. The van der Waals surface area contributed by atoms with Crippen molar-refractivity contribution >= 4 is 15.5 Å². The lowest BCUT2D eigenvalue weighted by molar-refractivity contribution is 0.339. The van der Waals surface area contributed by atoms with Crippen LogP contribution in [-0.2, 0) is 9.84 Å². The molecule has 1 rings (SSSR count). The molecule has 1 atom stereocenters. The Balaban J connectivity index is 3.02. The largest absolute Gasteiger partial charge is 0.494 e. The fraction of sp³-hybridized carbons (Fsp3) is 0.571. The standard InChI is InChI=1S/C14H23NO3S/c1-4-6-11(3)10-19(16,17)14-9-12(18-5-2)7-8-13(14)15/h7-9,11H,4-6,10,15H2,1-3H3. The van der Waals surface area contributed by atoms with Gasteiger partial charge in [-0.3, -0.25) is 0 Å². The lowest BCUT2D eigenvalue weighted by atomic mass is 10.1. The van der Waals surface area contributed by atoms with Gasteiger partial charge >= 0.3 is 0 Å². The molecule has 0 aliphatic rings. The molecule has 0 aliphatic heterocycles. The van der Waals surface area contributed by atoms with Crippen molar-refractivity contribution in [1.29, 1.82) is 0 Å². The molecule has 1 aromatic carbocycles. The minimum absolute atomic E-state index is 0.126. The van der Waals surface area contributed by atoms with Crippen molar-refractivity contribution < 1.29 is 13.2 Å². The number of anilines is 1. The van der Waals surface area contributed by atoms with Crippen molar-refractivity contribution in [2.75, 3.05) is 18.1 Å². The summed E-state index contributed by atoms with van der Waals surface area (Å²) >= 11 is 0. The fourth-order valence-corrected chi connectivity index (χ4v) is 3.90. The van der Waals surface area contributed by atoms with E-state index in [4.69, 9.17) is 10.5 Å². The van der Waals surface area contributed by atoms with Gasteiger partial charge in [-0.15, -0.1) is 0 Å². The molecule has 2 N–H and O–H groups in total. The Labute approximate surface area is 115 Å². The summed E-state index contributed by atoms with van der Waals surface area (Å²) in [5.74, 6) is 0.796. The van der Waals surface area contributed by atoms with E-state index in [1.54, 1.807) is 12.1 Å². The molecule has 4 nitrogen and oxygen atoms in total. The number of rotatable bonds is 7. The number of nitrogens with two attached hydrogens (primary N) is 1. The van der Waals surface area contributed by atoms with Gasteiger partial charge in [0.1, 0.15) is 5.75 Å². The molecule has 5 heteroatoms. The van der Waals surface area contributed by atoms with Crippen molar-refractivity contribution in [2.45, 2.75) is 38.5 Å². The van der Waals surface area contributed by atoms with Gasteiger partial charge in [-0.1, -0.05) is 20.3 Å². The number of ether oxygens (including phenoxy) is 1. The first-order valence-corrected chi connectivity index (χ1v) is 8.31. The smallest absolute Gasteiger partial charge is 0.180 e. The van der Waals surface area contributed by atoms with E-state index < -0.39 is 9.84 Å². The monoisotopic (exact) mass is 285 g/mol. The maximum absolute atomic E-state index is 12.4. The van der Waals surface area contributed by atoms with E-state index in [9.17, 15) is 8.42 Å². The SMILES string of the molecule is CCCC(C)CS(=O)(=O)c1cc(OCC)ccc1N. The van der Waals surface area contributed by atoms with Crippen LogP contribution in [-0.4, -0.2) is 20.8 Å². The summed E-state index contributed by atoms with van der Waals surface area (Å²) in [6.07, 6.45) is 1.87. The highest BCUT2D eigenvalue weighted by molar-refractivity contribution is 7.91. The fourth-order valence-electron chi connectivity index (χ4n) is 2.08. The Kier molecular flexibility index (Phi) is 5.66. The second kappa shape index (κ2) is 6.80. The lowest BCUT2D eigenvalue weighted by Crippen LogP contribution is -2.15. The predicted octanol–water partition coefficient (Wildman–Crippen LogP) is 2.88. The van der Waals surface area contributed by atoms with Crippen LogP contribution in [0.15, 0.2) is 23.1 Å². The van der Waals surface area contributed by atoms with Gasteiger partial charge in [-0.2, -0.15) is 0 Å². The molecule has 0 heterocycles. The molecular formula is C14H23NO3S. The number of hydrogen-bond donors (Lipinski definition) is 1. The van der Waals surface area contributed by atoms with Gasteiger partial charge in [0.05, 0.1) is 22.9 Å². The van der Waals surface area contributed by atoms with Crippen LogP contribution in [0, 0.1) is 5.92 Å². The Morgan fingerprint density at radius 2 is 2.00 bits per heavy atom. The molecule has 0 bridgehead atoms. The molecule has 0 spiro atoms. The minimum atomic E-state index is -3.36. The average Bonchev–Trinajstić information content (AvgIpc) is 2.31. The molecule has 1 unspecified atom stereocenters. The second-order valence-corrected chi connectivity index (χ2v) is 6.81. The maximum atomic E-state index is 12.4. The van der Waals surface area contributed by atoms with Gasteiger partial charge in [-0.05, 0) is 31.4 Å². The zero-order valence-electron chi connectivity index (χ0n) is 11.8. The second-order valence-electron chi connectivity index (χ2n) is 4.81. The molecule has 0 fully saturated rings. The molecule has 19 heavy (non-hydrogen) atoms. The molecule has 1 aromatic rings. The molecule has 0 saturated heterocycles. The first kappa shape index (κ1) is 15.8. The molecule has 0 amide bonds. The minimum Gasteiger partial charge on any atom is -0.494 e. The summed E-state index contributed by atoms with van der Waals surface area (Å²) in [4.78, 5) is 0.182. The molecule has 0 radical (unpaired) electrons. The van der Waals surface area contributed by atoms with Crippen molar-refractivity contribution in [3.63, 3.8) is 0 Å². The lowest BCUT2D eigenvalue weighted by Gasteiger charge is -2.13. The van der Waals surface area contributed by atoms with Crippen LogP contribution in [0.2, 0.25) is 0 Å². The van der Waals surface area contributed by atoms with Crippen molar-refractivity contribution in [1.82, 2.24) is 0 Å². The highest BCUT2D eigenvalue weighted by atomic mass is 32.2. The number of hydrogen-bond acceptors (Lipinski definition) is 4. The van der Waals surface area contributed by atoms with Crippen molar-refractivity contribution in [3.8, 4) is 5.75 Å². The van der Waals surface area contributed by atoms with Crippen LogP contribution < -0.4 is 10.5 Å². The first-order chi connectivity index (χ1) is 8.90. The average molecular weight is 285 g/mol. The predicted molar refractivity (Wildman–Crippen MR) is 78.1 cm³/mol. The van der Waals surface area contributed by atoms with Gasteiger partial charge in [0.25, 0.3) is 0 Å². The van der Waals surface area contributed by atoms with Gasteiger partial charge in [0, 0.05) is 6.07 Å². The van der Waals surface area contributed by atoms with Crippen LogP contribution >= 0.6 is 0 Å². The highest BCUT2D eigenvalue weighted by Crippen LogP contribution is 2.27. The van der Waals surface area contributed by atoms with Crippen LogP contribution in [0.3, 0.4) is 0 Å². The Morgan fingerprint density at radius 3 is 2.58 bits per heavy atom. The Bertz CT molecular complexity index is 511. The van der Waals surface area contributed by atoms with Crippen LogP contribution in [0.5, 0.6) is 5.75 Å². The summed E-state index contributed by atoms with van der Waals surface area (Å²) < 4.78 is 30.0. The van der Waals surface area contributed by atoms with E-state index in [1.807, 2.05) is 20.8 Å². The molecule has 0 aliphatic carbocycles. The van der Waals surface area contributed by atoms with E-state index in [1.165, 1.54) is 6.07 Å². The van der Waals surface area contributed by atoms with Gasteiger partial charge < -0.3 is 10.5 Å². The molecule has 108 valence electrons. The van der Waals surface area contributed by atoms with E-state index in [2.05, 4.69) is 0 Å². The normalized spacial score (nSPS) is 13.2. The third kappa shape index (κ3) is 4.42. The zero-order chi connectivity index (χ0) is 14.5. The highest BCUT2D eigenvalue weighted by Gasteiger charge is 2.21. The van der Waals surface area contributed by atoms with Gasteiger partial charge in [0.2, 0.25) is 0 Å². The molecule has 0 saturated carbocycles. The zero-order valence-corrected chi connectivity index (χ0v) is 12.7. The number of nitrogen functional groups attached to an aromatic ring is 1. The summed E-state index contributed by atoms with van der Waals surface area (Å²) in [5, 5.41) is 0. The molecule has 0 aromatic heterocycles. The quantitative estimate of drug-likeness (QED) is 0.782. The van der Waals surface area contributed by atoms with Crippen molar-refractivity contribution in [2.24, 2.45) is 5.92 Å². The summed E-state index contributed by atoms with van der Waals surface area (Å²) in [6.45, 7) is 6.35. The van der Waals surface area contributed by atoms with E-state index in [0.29, 0.717) is 12.4 Å². The van der Waals surface area contributed by atoms with E-state index in [0.717, 1.165) is 12.8 Å². The topological polar surface area (TPSA) is 69.4 Å². The van der Waals surface area contributed by atoms with E-state index in [-0.39, 0.29) is 22.3 Å². The van der Waals surface area contributed by atoms with Crippen LogP contribution in [0.25, 0.3) is 0 Å². The third-order valence-corrected chi connectivity index (χ3v) is 4.95. The maximum Gasteiger partial charge on any atom is 0.180 e. The van der Waals surface area contributed by atoms with E-state index >= 15 is 0 Å². The van der Waals surface area contributed by atoms with Gasteiger partial charge in [-0.25, -0.2) is 8.42 Å². The number of sulfone groups is 1. The van der Waals surface area contributed by atoms with Crippen molar-refractivity contribution in [3.05, 3.63) is 18.2 Å². The number of benzene rings is 1. The van der Waals surface area contributed by atoms with Gasteiger partial charge in [0.15, 0.2) is 9.84 Å². The summed E-state index contributed by atoms with van der Waals surface area (Å²) in [7, 11) is -3.36. The Hall–Kier alpha value is -1.23. The summed E-state index contributed by atoms with van der Waals surface area (Å²) in [6, 6.07) is 4.79. The third-order valence-electron chi connectivity index (χ3n) is 2.92. The summed E-state index contributed by atoms with van der Waals surface area (Å²) in [5.41, 5.74) is 6.07. The van der Waals surface area contributed by atoms with Crippen LogP contribution in [0.4, 0.5) is 5.69 Å². The first-order valence-electron chi connectivity index (χ1n) is 6.65.